The van der Waals surface area contributed by atoms with E-state index < -0.39 is 13.7 Å². The van der Waals surface area contributed by atoms with Crippen LogP contribution in [0.5, 0.6) is 0 Å². The van der Waals surface area contributed by atoms with Crippen LogP contribution >= 0.6 is 8.15 Å². The largest absolute Gasteiger partial charge is 0.477 e. The number of aliphatic imine (C=N–C) groups is 1. The van der Waals surface area contributed by atoms with Gasteiger partial charge in [-0.3, -0.25) is 0 Å². The highest BCUT2D eigenvalue weighted by Gasteiger charge is 2.37. The summed E-state index contributed by atoms with van der Waals surface area (Å²) in [6, 6.07) is 17.2. The molecule has 0 amide bonds. The fourth-order valence-electron chi connectivity index (χ4n) is 3.14. The van der Waals surface area contributed by atoms with Gasteiger partial charge in [-0.15, -0.1) is 0 Å². The molecule has 0 unspecified atom stereocenters. The van der Waals surface area contributed by atoms with Crippen LogP contribution < -0.4 is 10.6 Å². The van der Waals surface area contributed by atoms with Crippen LogP contribution in [-0.2, 0) is 9.26 Å². The van der Waals surface area contributed by atoms with Crippen LogP contribution in [0.1, 0.15) is 38.8 Å². The quantitative estimate of drug-likeness (QED) is 0.665. The van der Waals surface area contributed by atoms with Crippen molar-refractivity contribution in [1.82, 2.24) is 0 Å². The number of benzene rings is 2. The van der Waals surface area contributed by atoms with Gasteiger partial charge in [-0.1, -0.05) is 62.4 Å². The van der Waals surface area contributed by atoms with E-state index in [1.54, 1.807) is 0 Å². The highest BCUT2D eigenvalue weighted by molar-refractivity contribution is 7.68. The number of rotatable bonds is 6. The third kappa shape index (κ3) is 4.42. The Bertz CT molecular complexity index is 783. The zero-order valence-electron chi connectivity index (χ0n) is 17.2. The number of nitrogens with zero attached hydrogens (tertiary/aromatic N) is 1. The van der Waals surface area contributed by atoms with Gasteiger partial charge in [0.15, 0.2) is 0 Å². The zero-order chi connectivity index (χ0) is 19.6. The molecular weight excluding hydrogens is 353 g/mol. The van der Waals surface area contributed by atoms with Crippen molar-refractivity contribution in [3.8, 4) is 0 Å². The summed E-state index contributed by atoms with van der Waals surface area (Å²) < 4.78 is 12.8. The van der Waals surface area contributed by atoms with Crippen molar-refractivity contribution in [2.45, 2.75) is 53.2 Å². The third-order valence-electron chi connectivity index (χ3n) is 4.95. The Balaban J connectivity index is 1.98. The number of hydrogen-bond donors (Lipinski definition) is 0. The molecule has 27 heavy (non-hydrogen) atoms. The SMILES string of the molecule is Cc1ccccc1P(OC(C)(C)C1=N[C@@H](C(C)C)CO1)c1ccccc1C. The van der Waals surface area contributed by atoms with Crippen molar-refractivity contribution in [3.63, 3.8) is 0 Å². The first kappa shape index (κ1) is 20.0. The number of aryl methyl sites for hydroxylation is 2. The highest BCUT2D eigenvalue weighted by Crippen LogP contribution is 2.42. The lowest BCUT2D eigenvalue weighted by Gasteiger charge is -2.31. The van der Waals surface area contributed by atoms with Crippen molar-refractivity contribution in [3.05, 3.63) is 59.7 Å². The molecule has 0 aromatic heterocycles. The maximum Gasteiger partial charge on any atom is 0.216 e. The minimum atomic E-state index is -0.987. The van der Waals surface area contributed by atoms with Crippen molar-refractivity contribution in [2.24, 2.45) is 10.9 Å². The molecule has 2 aromatic rings. The predicted molar refractivity (Wildman–Crippen MR) is 116 cm³/mol. The first-order valence-corrected chi connectivity index (χ1v) is 10.9. The van der Waals surface area contributed by atoms with E-state index in [0.717, 1.165) is 5.90 Å². The molecular formula is C23H30NO2P. The Morgan fingerprint density at radius 1 is 1.00 bits per heavy atom. The molecule has 0 spiro atoms. The topological polar surface area (TPSA) is 30.8 Å². The zero-order valence-corrected chi connectivity index (χ0v) is 18.1. The Morgan fingerprint density at radius 3 is 1.96 bits per heavy atom. The van der Waals surface area contributed by atoms with E-state index >= 15 is 0 Å². The van der Waals surface area contributed by atoms with Crippen molar-refractivity contribution >= 4 is 24.7 Å². The molecule has 0 bridgehead atoms. The summed E-state index contributed by atoms with van der Waals surface area (Å²) in [6.07, 6.45) is 0. The molecule has 144 valence electrons. The Kier molecular flexibility index (Phi) is 6.03. The third-order valence-corrected chi connectivity index (χ3v) is 7.46. The maximum atomic E-state index is 6.79. The number of ether oxygens (including phenoxy) is 1. The van der Waals surface area contributed by atoms with Crippen LogP contribution in [0.25, 0.3) is 0 Å². The molecule has 3 rings (SSSR count). The van der Waals surface area contributed by atoms with Gasteiger partial charge in [-0.2, -0.15) is 0 Å². The van der Waals surface area contributed by atoms with E-state index in [2.05, 4.69) is 90.1 Å². The van der Waals surface area contributed by atoms with E-state index in [1.807, 2.05) is 0 Å². The molecule has 0 fully saturated rings. The van der Waals surface area contributed by atoms with E-state index in [-0.39, 0.29) is 6.04 Å². The summed E-state index contributed by atoms with van der Waals surface area (Å²) in [5.41, 5.74) is 1.91. The van der Waals surface area contributed by atoms with E-state index in [1.165, 1.54) is 21.7 Å². The van der Waals surface area contributed by atoms with Crippen LogP contribution in [-0.4, -0.2) is 24.1 Å². The lowest BCUT2D eigenvalue weighted by molar-refractivity contribution is 0.165. The Hall–Kier alpha value is -1.70. The Morgan fingerprint density at radius 2 is 1.52 bits per heavy atom. The molecule has 4 heteroatoms. The first-order valence-electron chi connectivity index (χ1n) is 9.61. The molecule has 1 atom stereocenters. The van der Waals surface area contributed by atoms with Gasteiger partial charge in [0, 0.05) is 10.6 Å². The molecule has 0 radical (unpaired) electrons. The summed E-state index contributed by atoms with van der Waals surface area (Å²) in [4.78, 5) is 4.82. The Labute approximate surface area is 164 Å². The summed E-state index contributed by atoms with van der Waals surface area (Å²) >= 11 is 0. The summed E-state index contributed by atoms with van der Waals surface area (Å²) in [5.74, 6) is 1.18. The minimum absolute atomic E-state index is 0.214. The van der Waals surface area contributed by atoms with Gasteiger partial charge >= 0.3 is 0 Å². The van der Waals surface area contributed by atoms with Crippen LogP contribution in [0.15, 0.2) is 53.5 Å². The molecule has 0 N–H and O–H groups in total. The van der Waals surface area contributed by atoms with Crippen LogP contribution in [0.2, 0.25) is 0 Å². The predicted octanol–water partition coefficient (Wildman–Crippen LogP) is 4.90. The van der Waals surface area contributed by atoms with Crippen LogP contribution in [0, 0.1) is 19.8 Å². The van der Waals surface area contributed by atoms with Crippen LogP contribution in [0.3, 0.4) is 0 Å². The molecule has 0 aliphatic carbocycles. The van der Waals surface area contributed by atoms with E-state index in [9.17, 15) is 0 Å². The van der Waals surface area contributed by atoms with Gasteiger partial charge in [0.25, 0.3) is 0 Å². The molecule has 1 heterocycles. The normalized spacial score (nSPS) is 17.3. The standard InChI is InChI=1S/C23H30NO2P/c1-16(2)19-15-25-22(24-19)23(5,6)26-27(20-13-9-7-11-17(20)3)21-14-10-8-12-18(21)4/h7-14,16,19H,15H2,1-6H3/t19-/m1/s1. The molecule has 2 aromatic carbocycles. The highest BCUT2D eigenvalue weighted by atomic mass is 31.1. The molecule has 1 aliphatic rings. The van der Waals surface area contributed by atoms with Crippen molar-refractivity contribution in [2.75, 3.05) is 6.61 Å². The van der Waals surface area contributed by atoms with Gasteiger partial charge in [-0.25, -0.2) is 4.99 Å². The monoisotopic (exact) mass is 383 g/mol. The molecule has 3 nitrogen and oxygen atoms in total. The summed E-state index contributed by atoms with van der Waals surface area (Å²) in [5, 5.41) is 2.49. The van der Waals surface area contributed by atoms with Gasteiger partial charge < -0.3 is 9.26 Å². The lowest BCUT2D eigenvalue weighted by Crippen LogP contribution is -2.36. The lowest BCUT2D eigenvalue weighted by atomic mass is 10.1. The van der Waals surface area contributed by atoms with E-state index in [4.69, 9.17) is 14.3 Å². The molecule has 0 saturated carbocycles. The second-order valence-corrected chi connectivity index (χ2v) is 9.76. The van der Waals surface area contributed by atoms with Gasteiger partial charge in [-0.05, 0) is 44.7 Å². The fourth-order valence-corrected chi connectivity index (χ4v) is 5.36. The molecule has 1 aliphatic heterocycles. The van der Waals surface area contributed by atoms with Crippen molar-refractivity contribution < 1.29 is 9.26 Å². The second kappa shape index (κ2) is 8.12. The minimum Gasteiger partial charge on any atom is -0.477 e. The van der Waals surface area contributed by atoms with E-state index in [0.29, 0.717) is 12.5 Å². The smallest absolute Gasteiger partial charge is 0.216 e. The van der Waals surface area contributed by atoms with Crippen LogP contribution in [0.4, 0.5) is 0 Å². The number of hydrogen-bond acceptors (Lipinski definition) is 3. The second-order valence-electron chi connectivity index (χ2n) is 8.03. The first-order chi connectivity index (χ1) is 12.8. The fraction of sp³-hybridized carbons (Fsp3) is 0.435. The van der Waals surface area contributed by atoms with Crippen molar-refractivity contribution in [1.29, 1.82) is 0 Å². The maximum absolute atomic E-state index is 6.79. The van der Waals surface area contributed by atoms with Gasteiger partial charge in [0.05, 0.1) is 14.2 Å². The average Bonchev–Trinajstić information content (AvgIpc) is 3.12. The molecule has 0 saturated heterocycles. The van der Waals surface area contributed by atoms with Gasteiger partial charge in [0.2, 0.25) is 5.90 Å². The summed E-state index contributed by atoms with van der Waals surface area (Å²) in [7, 11) is -0.987. The van der Waals surface area contributed by atoms with Gasteiger partial charge in [0.1, 0.15) is 12.2 Å². The summed E-state index contributed by atoms with van der Waals surface area (Å²) in [6.45, 7) is 13.5. The average molecular weight is 383 g/mol.